The second kappa shape index (κ2) is 8.35. The van der Waals surface area contributed by atoms with Gasteiger partial charge in [0.05, 0.1) is 13.2 Å². The third-order valence-corrected chi connectivity index (χ3v) is 2.63. The average Bonchev–Trinajstić information content (AvgIpc) is 2.31. The summed E-state index contributed by atoms with van der Waals surface area (Å²) in [7, 11) is 0. The van der Waals surface area contributed by atoms with Gasteiger partial charge in [-0.05, 0) is 6.42 Å². The van der Waals surface area contributed by atoms with Crippen LogP contribution in [0.5, 0.6) is 0 Å². The smallest absolute Gasteiger partial charge is 0.188 e. The molecule has 0 aliphatic carbocycles. The highest BCUT2D eigenvalue weighted by molar-refractivity contribution is 5.77. The zero-order valence-electron chi connectivity index (χ0n) is 10.2. The minimum Gasteiger partial charge on any atom is -0.379 e. The largest absolute Gasteiger partial charge is 0.379 e. The van der Waals surface area contributed by atoms with Gasteiger partial charge in [-0.3, -0.25) is 9.89 Å². The molecule has 0 saturated carbocycles. The fraction of sp³-hybridized carbons (Fsp3) is 0.909. The summed E-state index contributed by atoms with van der Waals surface area (Å²) in [6, 6.07) is 0. The molecule has 0 spiro atoms. The van der Waals surface area contributed by atoms with E-state index in [9.17, 15) is 0 Å². The van der Waals surface area contributed by atoms with Crippen LogP contribution in [0.2, 0.25) is 0 Å². The van der Waals surface area contributed by atoms with Crippen LogP contribution in [-0.4, -0.2) is 56.8 Å². The zero-order valence-corrected chi connectivity index (χ0v) is 10.2. The van der Waals surface area contributed by atoms with Gasteiger partial charge in [-0.1, -0.05) is 13.3 Å². The van der Waals surface area contributed by atoms with Crippen molar-refractivity contribution in [3.05, 3.63) is 0 Å². The lowest BCUT2D eigenvalue weighted by Gasteiger charge is -2.26. The van der Waals surface area contributed by atoms with Gasteiger partial charge >= 0.3 is 0 Å². The fourth-order valence-electron chi connectivity index (χ4n) is 1.58. The van der Waals surface area contributed by atoms with E-state index in [0.717, 1.165) is 58.8 Å². The first-order valence-electron chi connectivity index (χ1n) is 6.17. The molecule has 3 N–H and O–H groups in total. The summed E-state index contributed by atoms with van der Waals surface area (Å²) >= 11 is 0. The molecule has 1 heterocycles. The topological polar surface area (TPSA) is 62.9 Å². The third-order valence-electron chi connectivity index (χ3n) is 2.63. The number of guanidine groups is 1. The minimum atomic E-state index is 0.571. The number of nitrogens with one attached hydrogen (secondary N) is 1. The van der Waals surface area contributed by atoms with Crippen LogP contribution in [0, 0.1) is 0 Å². The van der Waals surface area contributed by atoms with E-state index in [-0.39, 0.29) is 0 Å². The van der Waals surface area contributed by atoms with Crippen LogP contribution in [-0.2, 0) is 4.74 Å². The summed E-state index contributed by atoms with van der Waals surface area (Å²) in [6.45, 7) is 8.59. The second-order valence-electron chi connectivity index (χ2n) is 4.00. The van der Waals surface area contributed by atoms with Crippen molar-refractivity contribution in [2.45, 2.75) is 19.8 Å². The number of morpholine rings is 1. The molecule has 1 saturated heterocycles. The molecule has 0 bridgehead atoms. The van der Waals surface area contributed by atoms with Crippen molar-refractivity contribution in [1.29, 1.82) is 0 Å². The van der Waals surface area contributed by atoms with Crippen molar-refractivity contribution in [1.82, 2.24) is 10.2 Å². The molecule has 1 aliphatic heterocycles. The van der Waals surface area contributed by atoms with Gasteiger partial charge in [-0.15, -0.1) is 0 Å². The Bertz CT molecular complexity index is 202. The Morgan fingerprint density at radius 1 is 1.44 bits per heavy atom. The summed E-state index contributed by atoms with van der Waals surface area (Å²) in [5, 5.41) is 3.13. The van der Waals surface area contributed by atoms with Gasteiger partial charge in [0.2, 0.25) is 0 Å². The highest BCUT2D eigenvalue weighted by Crippen LogP contribution is 1.94. The Labute approximate surface area is 98.0 Å². The van der Waals surface area contributed by atoms with Crippen molar-refractivity contribution < 1.29 is 4.74 Å². The normalized spacial score (nSPS) is 18.7. The van der Waals surface area contributed by atoms with E-state index in [1.807, 2.05) is 0 Å². The Morgan fingerprint density at radius 2 is 2.19 bits per heavy atom. The van der Waals surface area contributed by atoms with Crippen molar-refractivity contribution in [2.24, 2.45) is 10.7 Å². The molecule has 0 atom stereocenters. The van der Waals surface area contributed by atoms with Crippen molar-refractivity contribution in [2.75, 3.05) is 45.9 Å². The van der Waals surface area contributed by atoms with E-state index in [0.29, 0.717) is 5.96 Å². The molecule has 5 nitrogen and oxygen atoms in total. The first-order valence-corrected chi connectivity index (χ1v) is 6.17. The summed E-state index contributed by atoms with van der Waals surface area (Å²) in [6.07, 6.45) is 2.26. The molecule has 0 aromatic rings. The number of nitrogens with zero attached hydrogens (tertiary/aromatic N) is 2. The number of nitrogens with two attached hydrogens (primary N) is 1. The van der Waals surface area contributed by atoms with E-state index in [2.05, 4.69) is 22.1 Å². The summed E-state index contributed by atoms with van der Waals surface area (Å²) in [5.74, 6) is 0.571. The molecule has 1 rings (SSSR count). The molecule has 0 aromatic heterocycles. The second-order valence-corrected chi connectivity index (χ2v) is 4.00. The van der Waals surface area contributed by atoms with Gasteiger partial charge in [-0.25, -0.2) is 0 Å². The quantitative estimate of drug-likeness (QED) is 0.382. The summed E-state index contributed by atoms with van der Waals surface area (Å²) in [5.41, 5.74) is 5.73. The maximum absolute atomic E-state index is 5.73. The van der Waals surface area contributed by atoms with Gasteiger partial charge in [-0.2, -0.15) is 0 Å². The molecule has 1 aliphatic rings. The number of hydrogen-bond donors (Lipinski definition) is 2. The minimum absolute atomic E-state index is 0.571. The lowest BCUT2D eigenvalue weighted by Crippen LogP contribution is -2.42. The van der Waals surface area contributed by atoms with Crippen molar-refractivity contribution in [3.63, 3.8) is 0 Å². The lowest BCUT2D eigenvalue weighted by molar-refractivity contribution is 0.0389. The van der Waals surface area contributed by atoms with E-state index in [4.69, 9.17) is 10.5 Å². The van der Waals surface area contributed by atoms with Crippen LogP contribution in [0.3, 0.4) is 0 Å². The van der Waals surface area contributed by atoms with Gasteiger partial charge in [0, 0.05) is 32.7 Å². The summed E-state index contributed by atoms with van der Waals surface area (Å²) in [4.78, 5) is 6.61. The van der Waals surface area contributed by atoms with E-state index in [1.165, 1.54) is 0 Å². The molecule has 1 fully saturated rings. The molecule has 0 unspecified atom stereocenters. The Hall–Kier alpha value is -0.810. The van der Waals surface area contributed by atoms with Crippen LogP contribution >= 0.6 is 0 Å². The zero-order chi connectivity index (χ0) is 11.6. The molecule has 94 valence electrons. The van der Waals surface area contributed by atoms with Crippen molar-refractivity contribution in [3.8, 4) is 0 Å². The number of rotatable bonds is 6. The molecule has 0 aromatic carbocycles. The maximum atomic E-state index is 5.73. The Morgan fingerprint density at radius 3 is 2.88 bits per heavy atom. The first kappa shape index (κ1) is 13.3. The SMILES string of the molecule is CCCCN=C(N)NCCN1CCOCC1. The highest BCUT2D eigenvalue weighted by Gasteiger charge is 2.08. The van der Waals surface area contributed by atoms with Crippen LogP contribution < -0.4 is 11.1 Å². The molecular weight excluding hydrogens is 204 g/mol. The molecule has 5 heteroatoms. The molecule has 16 heavy (non-hydrogen) atoms. The van der Waals surface area contributed by atoms with Gasteiger partial charge < -0.3 is 15.8 Å². The van der Waals surface area contributed by atoms with Crippen LogP contribution in [0.25, 0.3) is 0 Å². The van der Waals surface area contributed by atoms with Crippen LogP contribution in [0.1, 0.15) is 19.8 Å². The van der Waals surface area contributed by atoms with Gasteiger partial charge in [0.1, 0.15) is 0 Å². The van der Waals surface area contributed by atoms with Crippen LogP contribution in [0.15, 0.2) is 4.99 Å². The Balaban J connectivity index is 2.02. The number of hydrogen-bond acceptors (Lipinski definition) is 3. The van der Waals surface area contributed by atoms with Crippen molar-refractivity contribution >= 4 is 5.96 Å². The predicted octanol–water partition coefficient (Wildman–Crippen LogP) is 0.0230. The standard InChI is InChI=1S/C11H24N4O/c1-2-3-4-13-11(12)14-5-6-15-7-9-16-10-8-15/h2-10H2,1H3,(H3,12,13,14). The van der Waals surface area contributed by atoms with E-state index >= 15 is 0 Å². The first-order chi connectivity index (χ1) is 7.83. The van der Waals surface area contributed by atoms with E-state index < -0.39 is 0 Å². The molecule has 0 radical (unpaired) electrons. The molecule has 0 amide bonds. The number of ether oxygens (including phenoxy) is 1. The van der Waals surface area contributed by atoms with Gasteiger partial charge in [0.25, 0.3) is 0 Å². The summed E-state index contributed by atoms with van der Waals surface area (Å²) < 4.78 is 5.28. The third kappa shape index (κ3) is 5.92. The van der Waals surface area contributed by atoms with E-state index in [1.54, 1.807) is 0 Å². The lowest BCUT2D eigenvalue weighted by atomic mass is 10.3. The number of aliphatic imine (C=N–C) groups is 1. The maximum Gasteiger partial charge on any atom is 0.188 e. The predicted molar refractivity (Wildman–Crippen MR) is 66.7 cm³/mol. The van der Waals surface area contributed by atoms with Crippen LogP contribution in [0.4, 0.5) is 0 Å². The number of unbranched alkanes of at least 4 members (excludes halogenated alkanes) is 1. The monoisotopic (exact) mass is 228 g/mol. The highest BCUT2D eigenvalue weighted by atomic mass is 16.5. The van der Waals surface area contributed by atoms with Gasteiger partial charge in [0.15, 0.2) is 5.96 Å². The molecular formula is C11H24N4O. The average molecular weight is 228 g/mol. The Kier molecular flexibility index (Phi) is 6.92. The fourth-order valence-corrected chi connectivity index (χ4v) is 1.58.